The molecule has 3 aliphatic heterocycles. The van der Waals surface area contributed by atoms with Crippen molar-refractivity contribution in [1.82, 2.24) is 20.6 Å². The Hall–Kier alpha value is -4.57. The lowest BCUT2D eigenvalue weighted by Crippen LogP contribution is -2.39. The zero-order chi connectivity index (χ0) is 47.3. The lowest BCUT2D eigenvalue weighted by molar-refractivity contribution is -0.143. The van der Waals surface area contributed by atoms with Crippen LogP contribution in [0.1, 0.15) is 167 Å². The maximum absolute atomic E-state index is 13.7. The van der Waals surface area contributed by atoms with Crippen molar-refractivity contribution in [3.05, 3.63) is 72.3 Å². The molecule has 1 aliphatic carbocycles. The minimum Gasteiger partial charge on any atom is -0.510 e. The Morgan fingerprint density at radius 2 is 1.55 bits per heavy atom. The van der Waals surface area contributed by atoms with Gasteiger partial charge in [0, 0.05) is 57.6 Å². The van der Waals surface area contributed by atoms with Gasteiger partial charge in [-0.3, -0.25) is 14.4 Å². The van der Waals surface area contributed by atoms with Gasteiger partial charge in [-0.15, -0.1) is 0 Å². The van der Waals surface area contributed by atoms with Gasteiger partial charge in [0.15, 0.2) is 5.78 Å². The molecule has 8 atom stereocenters. The molecule has 0 spiro atoms. The number of carbonyl (C=O) groups is 3. The van der Waals surface area contributed by atoms with E-state index in [0.29, 0.717) is 28.1 Å². The molecule has 6 rings (SSSR count). The molecular weight excluding hydrogens is 813 g/mol. The van der Waals surface area contributed by atoms with Crippen LogP contribution in [0.5, 0.6) is 0 Å². The van der Waals surface area contributed by atoms with Gasteiger partial charge in [-0.1, -0.05) is 92.1 Å². The molecule has 2 unspecified atom stereocenters. The zero-order valence-electron chi connectivity index (χ0n) is 41.7. The van der Waals surface area contributed by atoms with Crippen LogP contribution in [0, 0.1) is 55.3 Å². The molecule has 65 heavy (non-hydrogen) atoms. The molecule has 0 radical (unpaired) electrons. The van der Waals surface area contributed by atoms with Crippen molar-refractivity contribution in [1.29, 1.82) is 0 Å². The number of aromatic nitrogens is 2. The largest absolute Gasteiger partial charge is 0.510 e. The molecule has 5 N–H and O–H groups in total. The Morgan fingerprint density at radius 1 is 0.877 bits per heavy atom. The van der Waals surface area contributed by atoms with Crippen LogP contribution in [0.4, 0.5) is 0 Å². The van der Waals surface area contributed by atoms with Crippen molar-refractivity contribution in [3.8, 4) is 0 Å². The van der Waals surface area contributed by atoms with Crippen molar-refractivity contribution in [2.75, 3.05) is 13.7 Å². The van der Waals surface area contributed by atoms with Crippen molar-refractivity contribution in [2.45, 2.75) is 165 Å². The third-order valence-corrected chi connectivity index (χ3v) is 15.3. The van der Waals surface area contributed by atoms with Crippen LogP contribution in [0.15, 0.2) is 28.6 Å². The first kappa shape index (κ1) is 49.9. The number of ketones is 1. The summed E-state index contributed by atoms with van der Waals surface area (Å²) in [6, 6.07) is -0.609. The van der Waals surface area contributed by atoms with Gasteiger partial charge in [0.2, 0.25) is 0 Å². The summed E-state index contributed by atoms with van der Waals surface area (Å²) < 4.78 is 11.2. The standard InChI is InChI=1S/C55H80N4O6/c1-13-39-34(7)41-29-46-48(38(11)60)36(9)43(57-46)27-42-35(8)40(52(58-42)50-51(55(63)64-12)54(62)49-37(10)44(59-53(49)50)28-45(39)56-41)23-24-47(61)65-26-25-33(6)22-16-21-32(5)20-15-19-31(4)18-14-17-30(2)3/h25,27-32,35,39-40,42,51-52,56-59,62H,13-24,26H2,1-12H3/b33-25-,43-27-,45-28-,46-29-/t31-,32-,35+,39-,40+,42?,51-,52?/m1/s1. The number of aromatic amines is 2. The van der Waals surface area contributed by atoms with Gasteiger partial charge in [0.05, 0.1) is 17.8 Å². The maximum atomic E-state index is 13.7. The van der Waals surface area contributed by atoms with Crippen LogP contribution < -0.4 is 31.9 Å². The van der Waals surface area contributed by atoms with Crippen LogP contribution in [-0.4, -0.2) is 58.6 Å². The van der Waals surface area contributed by atoms with Crippen molar-refractivity contribution < 1.29 is 29.0 Å². The minimum absolute atomic E-state index is 0.00961. The molecule has 5 heterocycles. The number of ether oxygens (including phenoxy) is 2. The van der Waals surface area contributed by atoms with E-state index in [9.17, 15) is 19.5 Å². The number of methoxy groups -OCH3 is 1. The fourth-order valence-electron chi connectivity index (χ4n) is 11.3. The molecule has 8 bridgehead atoms. The summed E-state index contributed by atoms with van der Waals surface area (Å²) >= 11 is 0. The molecule has 2 aromatic rings. The van der Waals surface area contributed by atoms with Gasteiger partial charge in [0.1, 0.15) is 18.3 Å². The molecule has 0 amide bonds. The van der Waals surface area contributed by atoms with Crippen LogP contribution >= 0.6 is 0 Å². The fraction of sp³-hybridized carbons (Fsp3) is 0.618. The predicted molar refractivity (Wildman–Crippen MR) is 263 cm³/mol. The number of allylic oxidation sites excluding steroid dienone is 3. The number of H-pyrrole nitrogens is 2. The maximum Gasteiger partial charge on any atom is 0.320 e. The molecule has 356 valence electrons. The number of nitrogens with one attached hydrogen (secondary N) is 4. The number of Topliss-reactive ketones (excluding diaryl/α,β-unsaturated/α-hetero) is 1. The van der Waals surface area contributed by atoms with E-state index in [-0.39, 0.29) is 54.3 Å². The Labute approximate surface area is 388 Å². The summed E-state index contributed by atoms with van der Waals surface area (Å²) in [5, 5.41) is 22.4. The molecule has 10 heteroatoms. The Morgan fingerprint density at radius 3 is 2.20 bits per heavy atom. The Kier molecular flexibility index (Phi) is 16.7. The second-order valence-electron chi connectivity index (χ2n) is 20.6. The van der Waals surface area contributed by atoms with E-state index in [0.717, 1.165) is 75.9 Å². The number of rotatable bonds is 20. The van der Waals surface area contributed by atoms with Gasteiger partial charge < -0.3 is 35.2 Å². The average molecular weight is 893 g/mol. The monoisotopic (exact) mass is 893 g/mol. The SMILES string of the molecule is CC[C@@H]1C(C)=C2/C=c3\[nH]/c(c(C)c3C(C)=O)=C\C3NC(C4=c5[nH]c(c(C)c5=C(O)[C@@H]4C(=O)OC)/C=C/1N2)[C@@H](CCC(=O)OC/C=C(/C)CCC[C@H](C)CCC[C@H](C)CCCC(C)C)[C@@H]3C. The zero-order valence-corrected chi connectivity index (χ0v) is 41.7. The van der Waals surface area contributed by atoms with Gasteiger partial charge in [-0.2, -0.15) is 0 Å². The first-order chi connectivity index (χ1) is 30.9. The van der Waals surface area contributed by atoms with Gasteiger partial charge in [0.25, 0.3) is 0 Å². The second-order valence-corrected chi connectivity index (χ2v) is 20.6. The van der Waals surface area contributed by atoms with E-state index in [2.05, 4.69) is 94.2 Å². The normalized spacial score (nSPS) is 25.4. The quantitative estimate of drug-likeness (QED) is 0.0505. The van der Waals surface area contributed by atoms with Crippen LogP contribution in [0.25, 0.3) is 29.6 Å². The molecule has 0 saturated carbocycles. The van der Waals surface area contributed by atoms with Gasteiger partial charge in [-0.05, 0) is 136 Å². The third kappa shape index (κ3) is 11.2. The number of aliphatic hydroxyl groups is 1. The summed E-state index contributed by atoms with van der Waals surface area (Å²) in [5.74, 6) is 0.470. The number of hydrogen-bond donors (Lipinski definition) is 5. The predicted octanol–water partition coefficient (Wildman–Crippen LogP) is 8.60. The minimum atomic E-state index is -1.01. The van der Waals surface area contributed by atoms with Gasteiger partial charge >= 0.3 is 11.9 Å². The molecule has 1 fully saturated rings. The summed E-state index contributed by atoms with van der Waals surface area (Å²) in [5.41, 5.74) is 8.31. The fourth-order valence-corrected chi connectivity index (χ4v) is 11.3. The van der Waals surface area contributed by atoms with Crippen LogP contribution in [0.3, 0.4) is 0 Å². The first-order valence-corrected chi connectivity index (χ1v) is 24.9. The highest BCUT2D eigenvalue weighted by Gasteiger charge is 2.48. The summed E-state index contributed by atoms with van der Waals surface area (Å²) in [6.07, 6.45) is 21.2. The van der Waals surface area contributed by atoms with E-state index in [1.54, 1.807) is 6.92 Å². The number of carbonyl (C=O) groups excluding carboxylic acids is 3. The second kappa shape index (κ2) is 21.8. The Bertz CT molecular complexity index is 2440. The van der Waals surface area contributed by atoms with Crippen molar-refractivity contribution in [3.63, 3.8) is 0 Å². The van der Waals surface area contributed by atoms with E-state index in [1.807, 2.05) is 19.9 Å². The van der Waals surface area contributed by atoms with Gasteiger partial charge in [-0.25, -0.2) is 0 Å². The van der Waals surface area contributed by atoms with E-state index < -0.39 is 17.9 Å². The van der Waals surface area contributed by atoms with Crippen LogP contribution in [-0.2, 0) is 19.1 Å². The molecular formula is C55H80N4O6. The molecule has 4 aliphatic rings. The number of hydrogen-bond acceptors (Lipinski definition) is 8. The highest BCUT2D eigenvalue weighted by molar-refractivity contribution is 5.97. The lowest BCUT2D eigenvalue weighted by Gasteiger charge is -2.26. The van der Waals surface area contributed by atoms with E-state index >= 15 is 0 Å². The topological polar surface area (TPSA) is 146 Å². The highest BCUT2D eigenvalue weighted by atomic mass is 16.5. The number of fused-ring (bicyclic) bond motifs is 8. The smallest absolute Gasteiger partial charge is 0.320 e. The van der Waals surface area contributed by atoms with E-state index in [1.165, 1.54) is 63.2 Å². The van der Waals surface area contributed by atoms with Crippen molar-refractivity contribution >= 4 is 47.3 Å². The molecule has 0 aromatic carbocycles. The first-order valence-electron chi connectivity index (χ1n) is 24.9. The molecule has 2 aromatic heterocycles. The number of esters is 2. The highest BCUT2D eigenvalue weighted by Crippen LogP contribution is 2.41. The third-order valence-electron chi connectivity index (χ3n) is 15.3. The van der Waals surface area contributed by atoms with Crippen molar-refractivity contribution in [2.24, 2.45) is 41.4 Å². The number of aliphatic hydroxyl groups excluding tert-OH is 1. The summed E-state index contributed by atoms with van der Waals surface area (Å²) in [4.78, 5) is 47.7. The summed E-state index contributed by atoms with van der Waals surface area (Å²) in [6.45, 7) is 23.8. The Balaban J connectivity index is 1.21. The van der Waals surface area contributed by atoms with Crippen LogP contribution in [0.2, 0.25) is 0 Å². The molecule has 10 nitrogen and oxygen atoms in total. The van der Waals surface area contributed by atoms with E-state index in [4.69, 9.17) is 9.47 Å². The lowest BCUT2D eigenvalue weighted by atomic mass is 9.79. The average Bonchev–Trinajstić information content (AvgIpc) is 4.00. The summed E-state index contributed by atoms with van der Waals surface area (Å²) in [7, 11) is 1.35. The molecule has 1 saturated heterocycles.